The highest BCUT2D eigenvalue weighted by Gasteiger charge is 2.35. The molecule has 1 unspecified atom stereocenters. The van der Waals surface area contributed by atoms with Gasteiger partial charge < -0.3 is 14.8 Å². The van der Waals surface area contributed by atoms with Gasteiger partial charge in [-0.1, -0.05) is 11.3 Å². The maximum absolute atomic E-state index is 12.4. The van der Waals surface area contributed by atoms with Gasteiger partial charge in [-0.3, -0.25) is 4.79 Å². The number of aliphatic hydroxyl groups excluding tert-OH is 1. The van der Waals surface area contributed by atoms with Gasteiger partial charge in [-0.05, 0) is 6.92 Å². The molecular weight excluding hydrogens is 280 g/mol. The van der Waals surface area contributed by atoms with E-state index in [0.29, 0.717) is 17.0 Å². The third kappa shape index (κ3) is 2.36. The average Bonchev–Trinajstić information content (AvgIpc) is 2.69. The SMILES string of the molecule is Cc1[nH]c(=O)sc1S(=O)(=O)N1CCOCC1CO. The Morgan fingerprint density at radius 3 is 2.89 bits per heavy atom. The lowest BCUT2D eigenvalue weighted by molar-refractivity contribution is 0.0110. The number of hydrogen-bond donors (Lipinski definition) is 2. The van der Waals surface area contributed by atoms with Gasteiger partial charge in [0.2, 0.25) is 0 Å². The molecule has 0 amide bonds. The molecule has 9 heteroatoms. The summed E-state index contributed by atoms with van der Waals surface area (Å²) in [7, 11) is -3.75. The zero-order chi connectivity index (χ0) is 13.3. The van der Waals surface area contributed by atoms with Gasteiger partial charge in [0.05, 0.1) is 25.9 Å². The van der Waals surface area contributed by atoms with E-state index in [9.17, 15) is 18.3 Å². The molecule has 0 aromatic carbocycles. The lowest BCUT2D eigenvalue weighted by Crippen LogP contribution is -2.50. The first-order chi connectivity index (χ1) is 8.46. The first-order valence-corrected chi connectivity index (χ1v) is 7.62. The molecule has 2 heterocycles. The monoisotopic (exact) mass is 294 g/mol. The molecule has 18 heavy (non-hydrogen) atoms. The van der Waals surface area contributed by atoms with Crippen LogP contribution < -0.4 is 4.87 Å². The van der Waals surface area contributed by atoms with Crippen LogP contribution in [0.3, 0.4) is 0 Å². The summed E-state index contributed by atoms with van der Waals surface area (Å²) in [5.41, 5.74) is 0.327. The molecule has 0 aliphatic carbocycles. The van der Waals surface area contributed by atoms with Crippen molar-refractivity contribution in [1.29, 1.82) is 0 Å². The van der Waals surface area contributed by atoms with Gasteiger partial charge in [-0.15, -0.1) is 0 Å². The van der Waals surface area contributed by atoms with Crippen LogP contribution in [0.15, 0.2) is 9.00 Å². The van der Waals surface area contributed by atoms with E-state index in [1.54, 1.807) is 6.92 Å². The van der Waals surface area contributed by atoms with Crippen LogP contribution in [0.4, 0.5) is 0 Å². The number of nitrogens with one attached hydrogen (secondary N) is 1. The topological polar surface area (TPSA) is 99.7 Å². The van der Waals surface area contributed by atoms with Crippen molar-refractivity contribution in [3.05, 3.63) is 15.4 Å². The van der Waals surface area contributed by atoms with Gasteiger partial charge >= 0.3 is 4.87 Å². The van der Waals surface area contributed by atoms with Crippen molar-refractivity contribution in [3.8, 4) is 0 Å². The summed E-state index contributed by atoms with van der Waals surface area (Å²) in [4.78, 5) is 13.2. The predicted octanol–water partition coefficient (Wildman–Crippen LogP) is -0.873. The number of rotatable bonds is 3. The van der Waals surface area contributed by atoms with E-state index in [1.165, 1.54) is 4.31 Å². The van der Waals surface area contributed by atoms with Crippen LogP contribution >= 0.6 is 11.3 Å². The maximum Gasteiger partial charge on any atom is 0.305 e. The van der Waals surface area contributed by atoms with Gasteiger partial charge in [0.25, 0.3) is 10.0 Å². The summed E-state index contributed by atoms with van der Waals surface area (Å²) in [5.74, 6) is 0. The molecular formula is C9H14N2O5S2. The second-order valence-corrected chi connectivity index (χ2v) is 7.02. The summed E-state index contributed by atoms with van der Waals surface area (Å²) in [6.07, 6.45) is 0. The van der Waals surface area contributed by atoms with Crippen LogP contribution in [0.2, 0.25) is 0 Å². The first-order valence-electron chi connectivity index (χ1n) is 5.37. The van der Waals surface area contributed by atoms with Crippen molar-refractivity contribution >= 4 is 21.4 Å². The molecule has 2 N–H and O–H groups in total. The highest BCUT2D eigenvalue weighted by molar-refractivity contribution is 7.91. The Bertz CT molecular complexity index is 576. The number of aromatic amines is 1. The summed E-state index contributed by atoms with van der Waals surface area (Å²) < 4.78 is 31.1. The molecule has 0 bridgehead atoms. The smallest absolute Gasteiger partial charge is 0.305 e. The minimum Gasteiger partial charge on any atom is -0.395 e. The zero-order valence-electron chi connectivity index (χ0n) is 9.75. The number of H-pyrrole nitrogens is 1. The maximum atomic E-state index is 12.4. The van der Waals surface area contributed by atoms with Crippen LogP contribution in [0, 0.1) is 6.92 Å². The van der Waals surface area contributed by atoms with Gasteiger partial charge in [0, 0.05) is 12.2 Å². The predicted molar refractivity (Wildman–Crippen MR) is 65.3 cm³/mol. The van der Waals surface area contributed by atoms with Gasteiger partial charge in [0.1, 0.15) is 0 Å². The van der Waals surface area contributed by atoms with Crippen molar-refractivity contribution < 1.29 is 18.3 Å². The number of hydrogen-bond acceptors (Lipinski definition) is 6. The number of thiazole rings is 1. The molecule has 1 atom stereocenters. The molecule has 1 aliphatic rings. The summed E-state index contributed by atoms with van der Waals surface area (Å²) in [6, 6.07) is -0.597. The molecule has 2 rings (SSSR count). The fourth-order valence-electron chi connectivity index (χ4n) is 1.84. The second-order valence-electron chi connectivity index (χ2n) is 3.95. The molecule has 7 nitrogen and oxygen atoms in total. The Labute approximate surface area is 108 Å². The van der Waals surface area contributed by atoms with E-state index in [2.05, 4.69) is 4.98 Å². The van der Waals surface area contributed by atoms with Crippen LogP contribution in [0.1, 0.15) is 5.69 Å². The number of ether oxygens (including phenoxy) is 1. The number of morpholine rings is 1. The lowest BCUT2D eigenvalue weighted by Gasteiger charge is -2.32. The molecule has 0 radical (unpaired) electrons. The fraction of sp³-hybridized carbons (Fsp3) is 0.667. The Balaban J connectivity index is 2.41. The number of aliphatic hydroxyl groups is 1. The van der Waals surface area contributed by atoms with Crippen LogP contribution in [0.25, 0.3) is 0 Å². The lowest BCUT2D eigenvalue weighted by atomic mass is 10.3. The van der Waals surface area contributed by atoms with E-state index >= 15 is 0 Å². The Morgan fingerprint density at radius 1 is 1.61 bits per heavy atom. The van der Waals surface area contributed by atoms with Crippen molar-refractivity contribution in [2.24, 2.45) is 0 Å². The Kier molecular flexibility index (Phi) is 3.87. The summed E-state index contributed by atoms with van der Waals surface area (Å²) in [5, 5.41) is 9.19. The number of aryl methyl sites for hydroxylation is 1. The molecule has 1 aromatic heterocycles. The van der Waals surface area contributed by atoms with E-state index in [0.717, 1.165) is 0 Å². The van der Waals surface area contributed by atoms with Crippen molar-refractivity contribution in [2.45, 2.75) is 17.2 Å². The second kappa shape index (κ2) is 5.10. The van der Waals surface area contributed by atoms with Crippen molar-refractivity contribution in [2.75, 3.05) is 26.4 Å². The number of nitrogens with zero attached hydrogens (tertiary/aromatic N) is 1. The molecule has 1 saturated heterocycles. The molecule has 1 aliphatic heterocycles. The molecule has 1 aromatic rings. The zero-order valence-corrected chi connectivity index (χ0v) is 11.4. The summed E-state index contributed by atoms with van der Waals surface area (Å²) in [6.45, 7) is 1.86. The van der Waals surface area contributed by atoms with E-state index in [-0.39, 0.29) is 30.6 Å². The third-order valence-corrected chi connectivity index (χ3v) is 6.24. The highest BCUT2D eigenvalue weighted by Crippen LogP contribution is 2.24. The van der Waals surface area contributed by atoms with E-state index < -0.39 is 20.9 Å². The van der Waals surface area contributed by atoms with Gasteiger partial charge in [-0.2, -0.15) is 4.31 Å². The van der Waals surface area contributed by atoms with Crippen LogP contribution in [-0.4, -0.2) is 55.2 Å². The quantitative estimate of drug-likeness (QED) is 0.754. The Hall–Kier alpha value is -0.740. The normalized spacial score (nSPS) is 22.2. The fourth-order valence-corrected chi connectivity index (χ4v) is 4.84. The number of aromatic nitrogens is 1. The largest absolute Gasteiger partial charge is 0.395 e. The third-order valence-electron chi connectivity index (χ3n) is 2.71. The van der Waals surface area contributed by atoms with Gasteiger partial charge in [-0.25, -0.2) is 8.42 Å². The summed E-state index contributed by atoms with van der Waals surface area (Å²) >= 11 is 0.664. The molecule has 0 spiro atoms. The van der Waals surface area contributed by atoms with Gasteiger partial charge in [0.15, 0.2) is 4.21 Å². The Morgan fingerprint density at radius 2 is 2.33 bits per heavy atom. The highest BCUT2D eigenvalue weighted by atomic mass is 32.2. The average molecular weight is 294 g/mol. The van der Waals surface area contributed by atoms with E-state index in [4.69, 9.17) is 4.74 Å². The standard InChI is InChI=1S/C9H14N2O5S2/c1-6-8(17-9(13)10-6)18(14,15)11-2-3-16-5-7(11)4-12/h7,12H,2-5H2,1H3,(H,10,13). The van der Waals surface area contributed by atoms with Crippen LogP contribution in [0.5, 0.6) is 0 Å². The first kappa shape index (κ1) is 13.7. The molecule has 102 valence electrons. The minimum absolute atomic E-state index is 0.00727. The van der Waals surface area contributed by atoms with Crippen molar-refractivity contribution in [1.82, 2.24) is 9.29 Å². The van der Waals surface area contributed by atoms with Crippen molar-refractivity contribution in [3.63, 3.8) is 0 Å². The molecule has 0 saturated carbocycles. The van der Waals surface area contributed by atoms with Crippen LogP contribution in [-0.2, 0) is 14.8 Å². The number of sulfonamides is 1. The molecule has 1 fully saturated rings. The minimum atomic E-state index is -3.75. The van der Waals surface area contributed by atoms with E-state index in [1.807, 2.05) is 0 Å².